The van der Waals surface area contributed by atoms with Crippen LogP contribution >= 0.6 is 11.3 Å². The third kappa shape index (κ3) is 1.90. The third-order valence-corrected chi connectivity index (χ3v) is 1.74. The van der Waals surface area contributed by atoms with Crippen molar-refractivity contribution in [1.29, 1.82) is 0 Å². The van der Waals surface area contributed by atoms with E-state index in [2.05, 4.69) is 18.0 Å². The molecule has 0 spiro atoms. The maximum atomic E-state index is 5.39. The summed E-state index contributed by atoms with van der Waals surface area (Å²) < 4.78 is 0. The van der Waals surface area contributed by atoms with Crippen molar-refractivity contribution in [2.24, 2.45) is 5.73 Å². The van der Waals surface area contributed by atoms with E-state index in [1.54, 1.807) is 11.3 Å². The van der Waals surface area contributed by atoms with Gasteiger partial charge in [0.05, 0.1) is 0 Å². The molecular weight excluding hydrogens is 130 g/mol. The van der Waals surface area contributed by atoms with E-state index >= 15 is 0 Å². The van der Waals surface area contributed by atoms with E-state index in [0.717, 1.165) is 12.1 Å². The highest BCUT2D eigenvalue weighted by atomic mass is 32.1. The van der Waals surface area contributed by atoms with Crippen molar-refractivity contribution in [3.8, 4) is 0 Å². The molecule has 0 fully saturated rings. The number of hydrogen-bond donors (Lipinski definition) is 1. The molecule has 0 radical (unpaired) electrons. The molecule has 0 aliphatic rings. The topological polar surface area (TPSA) is 26.0 Å². The summed E-state index contributed by atoms with van der Waals surface area (Å²) in [5, 5.41) is 4.12. The maximum Gasteiger partial charge on any atom is 0.0123 e. The van der Waals surface area contributed by atoms with Crippen molar-refractivity contribution in [1.82, 2.24) is 0 Å². The van der Waals surface area contributed by atoms with E-state index in [1.807, 2.05) is 5.38 Å². The average Bonchev–Trinajstić information content (AvgIpc) is 2.15. The largest absolute Gasteiger partial charge is 0.402 e. The minimum Gasteiger partial charge on any atom is -0.402 e. The van der Waals surface area contributed by atoms with Gasteiger partial charge >= 0.3 is 0 Å². The van der Waals surface area contributed by atoms with Crippen LogP contribution < -0.4 is 5.73 Å². The molecule has 2 N–H and O–H groups in total. The second-order valence-corrected chi connectivity index (χ2v) is 2.75. The van der Waals surface area contributed by atoms with Gasteiger partial charge in [-0.25, -0.2) is 0 Å². The first-order valence-corrected chi connectivity index (χ1v) is 3.67. The zero-order chi connectivity index (χ0) is 6.69. The van der Waals surface area contributed by atoms with E-state index in [-0.39, 0.29) is 0 Å². The zero-order valence-electron chi connectivity index (χ0n) is 5.13. The molecule has 1 heterocycles. The minimum absolute atomic E-state index is 0.730. The summed E-state index contributed by atoms with van der Waals surface area (Å²) in [6, 6.07) is 2.06. The first kappa shape index (κ1) is 6.36. The van der Waals surface area contributed by atoms with Crippen molar-refractivity contribution in [3.63, 3.8) is 0 Å². The molecule has 1 aromatic rings. The number of nitrogens with two attached hydrogens (primary N) is 1. The lowest BCUT2D eigenvalue weighted by Gasteiger charge is -1.92. The SMILES string of the molecule is C=C(N)Cc1ccsc1. The van der Waals surface area contributed by atoms with Crippen LogP contribution in [-0.4, -0.2) is 0 Å². The van der Waals surface area contributed by atoms with Gasteiger partial charge in [-0.3, -0.25) is 0 Å². The summed E-state index contributed by atoms with van der Waals surface area (Å²) in [7, 11) is 0. The average molecular weight is 139 g/mol. The van der Waals surface area contributed by atoms with E-state index in [0.29, 0.717) is 0 Å². The quantitative estimate of drug-likeness (QED) is 0.664. The Morgan fingerprint density at radius 3 is 3.00 bits per heavy atom. The van der Waals surface area contributed by atoms with Gasteiger partial charge < -0.3 is 5.73 Å². The summed E-state index contributed by atoms with van der Waals surface area (Å²) in [6.07, 6.45) is 0.809. The Morgan fingerprint density at radius 1 is 1.78 bits per heavy atom. The van der Waals surface area contributed by atoms with Crippen LogP contribution in [0.3, 0.4) is 0 Å². The fourth-order valence-electron chi connectivity index (χ4n) is 0.655. The fraction of sp³-hybridized carbons (Fsp3) is 0.143. The number of allylic oxidation sites excluding steroid dienone is 1. The lowest BCUT2D eigenvalue weighted by Crippen LogP contribution is -1.97. The van der Waals surface area contributed by atoms with E-state index in [9.17, 15) is 0 Å². The van der Waals surface area contributed by atoms with E-state index < -0.39 is 0 Å². The Bertz CT molecular complexity index is 189. The van der Waals surface area contributed by atoms with Crippen molar-refractivity contribution < 1.29 is 0 Å². The summed E-state index contributed by atoms with van der Waals surface area (Å²) in [5.74, 6) is 0. The van der Waals surface area contributed by atoms with Gasteiger partial charge in [-0.15, -0.1) is 0 Å². The number of hydrogen-bond acceptors (Lipinski definition) is 2. The number of thiophene rings is 1. The predicted octanol–water partition coefficient (Wildman–Crippen LogP) is 1.76. The second kappa shape index (κ2) is 2.69. The highest BCUT2D eigenvalue weighted by molar-refractivity contribution is 7.07. The molecule has 1 nitrogen and oxygen atoms in total. The summed E-state index contributed by atoms with van der Waals surface area (Å²) in [4.78, 5) is 0. The van der Waals surface area contributed by atoms with Crippen LogP contribution in [0, 0.1) is 0 Å². The Kier molecular flexibility index (Phi) is 1.90. The summed E-state index contributed by atoms with van der Waals surface area (Å²) in [5.41, 5.74) is 7.38. The molecule has 2 heteroatoms. The zero-order valence-corrected chi connectivity index (χ0v) is 5.95. The first-order valence-electron chi connectivity index (χ1n) is 2.73. The standard InChI is InChI=1S/C7H9NS/c1-6(8)4-7-2-3-9-5-7/h2-3,5H,1,4,8H2. The van der Waals surface area contributed by atoms with Gasteiger partial charge in [0.25, 0.3) is 0 Å². The van der Waals surface area contributed by atoms with E-state index in [1.165, 1.54) is 5.56 Å². The molecule has 0 amide bonds. The van der Waals surface area contributed by atoms with Crippen molar-refractivity contribution in [3.05, 3.63) is 34.7 Å². The molecular formula is C7H9NS. The highest BCUT2D eigenvalue weighted by Gasteiger charge is 1.90. The van der Waals surface area contributed by atoms with E-state index in [4.69, 9.17) is 5.73 Å². The van der Waals surface area contributed by atoms with Crippen LogP contribution in [0.15, 0.2) is 29.1 Å². The monoisotopic (exact) mass is 139 g/mol. The molecule has 1 aromatic heterocycles. The second-order valence-electron chi connectivity index (χ2n) is 1.97. The van der Waals surface area contributed by atoms with Gasteiger partial charge in [-0.05, 0) is 22.4 Å². The lowest BCUT2D eigenvalue weighted by atomic mass is 10.2. The van der Waals surface area contributed by atoms with Crippen LogP contribution in [0.2, 0.25) is 0 Å². The third-order valence-electron chi connectivity index (χ3n) is 1.01. The molecule has 0 saturated carbocycles. The highest BCUT2D eigenvalue weighted by Crippen LogP contribution is 2.07. The van der Waals surface area contributed by atoms with Crippen LogP contribution in [0.5, 0.6) is 0 Å². The van der Waals surface area contributed by atoms with Crippen LogP contribution in [0.1, 0.15) is 5.56 Å². The maximum absolute atomic E-state index is 5.39. The Morgan fingerprint density at radius 2 is 2.56 bits per heavy atom. The fourth-order valence-corrected chi connectivity index (χ4v) is 1.32. The molecule has 0 aromatic carbocycles. The summed E-state index contributed by atoms with van der Waals surface area (Å²) >= 11 is 1.68. The molecule has 0 aliphatic heterocycles. The van der Waals surface area contributed by atoms with Crippen molar-refractivity contribution in [2.75, 3.05) is 0 Å². The van der Waals surface area contributed by atoms with Gasteiger partial charge in [0.2, 0.25) is 0 Å². The molecule has 0 aliphatic carbocycles. The van der Waals surface area contributed by atoms with Crippen LogP contribution in [0.25, 0.3) is 0 Å². The number of rotatable bonds is 2. The van der Waals surface area contributed by atoms with Gasteiger partial charge in [-0.2, -0.15) is 11.3 Å². The van der Waals surface area contributed by atoms with Gasteiger partial charge in [-0.1, -0.05) is 6.58 Å². The molecule has 48 valence electrons. The molecule has 9 heavy (non-hydrogen) atoms. The normalized spacial score (nSPS) is 9.33. The molecule has 0 unspecified atom stereocenters. The molecule has 0 saturated heterocycles. The van der Waals surface area contributed by atoms with Crippen molar-refractivity contribution in [2.45, 2.75) is 6.42 Å². The summed E-state index contributed by atoms with van der Waals surface area (Å²) in [6.45, 7) is 3.61. The Hall–Kier alpha value is -0.760. The predicted molar refractivity (Wildman–Crippen MR) is 41.4 cm³/mol. The van der Waals surface area contributed by atoms with Crippen LogP contribution in [0.4, 0.5) is 0 Å². The first-order chi connectivity index (χ1) is 4.29. The van der Waals surface area contributed by atoms with Gasteiger partial charge in [0, 0.05) is 12.1 Å². The van der Waals surface area contributed by atoms with Gasteiger partial charge in [0.15, 0.2) is 0 Å². The molecule has 0 atom stereocenters. The molecule has 0 bridgehead atoms. The Balaban J connectivity index is 2.58. The lowest BCUT2D eigenvalue weighted by molar-refractivity contribution is 1.13. The van der Waals surface area contributed by atoms with Crippen LogP contribution in [-0.2, 0) is 6.42 Å². The van der Waals surface area contributed by atoms with Crippen molar-refractivity contribution >= 4 is 11.3 Å². The van der Waals surface area contributed by atoms with Gasteiger partial charge in [0.1, 0.15) is 0 Å². The molecule has 1 rings (SSSR count). The minimum atomic E-state index is 0.730. The Labute approximate surface area is 58.8 Å². The smallest absolute Gasteiger partial charge is 0.0123 e.